The van der Waals surface area contributed by atoms with Crippen molar-refractivity contribution in [1.82, 2.24) is 24.8 Å². The Labute approximate surface area is 182 Å². The molecule has 2 N–H and O–H groups in total. The summed E-state index contributed by atoms with van der Waals surface area (Å²) in [6.45, 7) is 9.63. The molecular formula is C23H35N6P. The fourth-order valence-corrected chi connectivity index (χ4v) is 4.32. The lowest BCUT2D eigenvalue weighted by molar-refractivity contribution is 0.211. The molecule has 1 unspecified atom stereocenters. The lowest BCUT2D eigenvalue weighted by Gasteiger charge is -2.28. The Kier molecular flexibility index (Phi) is 7.43. The summed E-state index contributed by atoms with van der Waals surface area (Å²) in [7, 11) is 2.22. The first-order valence-corrected chi connectivity index (χ1v) is 10.7. The minimum Gasteiger partial charge on any atom is -0.354 e. The van der Waals surface area contributed by atoms with Crippen LogP contribution >= 0.6 is 9.90 Å². The van der Waals surface area contributed by atoms with E-state index in [0.29, 0.717) is 5.95 Å². The molecule has 1 fully saturated rings. The highest BCUT2D eigenvalue weighted by atomic mass is 31.0. The molecule has 0 saturated carbocycles. The number of aryl methyl sites for hydroxylation is 3. The number of hydrogen-bond acceptors (Lipinski definition) is 5. The molecule has 0 aliphatic carbocycles. The molecule has 1 aliphatic rings. The zero-order valence-electron chi connectivity index (χ0n) is 18.8. The smallest absolute Gasteiger partial charge is 0.222 e. The molecule has 3 heterocycles. The average molecular weight is 427 g/mol. The van der Waals surface area contributed by atoms with E-state index >= 15 is 0 Å². The van der Waals surface area contributed by atoms with Crippen LogP contribution < -0.4 is 5.32 Å². The maximum absolute atomic E-state index is 4.79. The van der Waals surface area contributed by atoms with Crippen molar-refractivity contribution in [2.45, 2.75) is 46.5 Å². The topological polar surface area (TPSA) is 69.7 Å². The molecule has 0 amide bonds. The fourth-order valence-electron chi connectivity index (χ4n) is 4.32. The summed E-state index contributed by atoms with van der Waals surface area (Å²) in [5.74, 6) is 2.41. The first kappa shape index (κ1) is 22.6. The van der Waals surface area contributed by atoms with Gasteiger partial charge in [-0.05, 0) is 89.7 Å². The van der Waals surface area contributed by atoms with E-state index in [-0.39, 0.29) is 9.90 Å². The minimum atomic E-state index is 0. The molecule has 0 radical (unpaired) electrons. The number of aromatic amines is 1. The summed E-state index contributed by atoms with van der Waals surface area (Å²) in [5.41, 5.74) is 6.39. The Balaban J connectivity index is 0.00000256. The Bertz CT molecular complexity index is 991. The number of hydrogen-bond donors (Lipinski definition) is 2. The van der Waals surface area contributed by atoms with E-state index < -0.39 is 0 Å². The van der Waals surface area contributed by atoms with E-state index in [1.54, 1.807) is 0 Å². The maximum Gasteiger partial charge on any atom is 0.222 e. The number of aromatic nitrogens is 4. The number of nitrogens with zero attached hydrogens (tertiary/aromatic N) is 4. The fraction of sp³-hybridized carbons (Fsp3) is 0.522. The monoisotopic (exact) mass is 426 g/mol. The average Bonchev–Trinajstić information content (AvgIpc) is 3.11. The number of anilines is 1. The molecule has 7 heteroatoms. The van der Waals surface area contributed by atoms with E-state index in [4.69, 9.17) is 4.98 Å². The van der Waals surface area contributed by atoms with Crippen LogP contribution in [0.2, 0.25) is 0 Å². The van der Waals surface area contributed by atoms with Crippen LogP contribution in [0.4, 0.5) is 5.95 Å². The molecule has 1 saturated heterocycles. The highest BCUT2D eigenvalue weighted by molar-refractivity contribution is 6.92. The Morgan fingerprint density at radius 3 is 2.63 bits per heavy atom. The van der Waals surface area contributed by atoms with Crippen molar-refractivity contribution in [3.05, 3.63) is 35.2 Å². The van der Waals surface area contributed by atoms with Gasteiger partial charge in [-0.3, -0.25) is 0 Å². The lowest BCUT2D eigenvalue weighted by Crippen LogP contribution is -2.30. The standard InChI is InChI=1S/C23H32N6.H3P/c1-15-12-16(2)21-20(13-15)27-22(28-21)19-14-25-23(26-17(19)3)24-9-5-6-18-7-10-29(4)11-8-18;/h12-14,18H,5-11H2,1-4H3,(H,27,28)(H,24,25,26);1H3. The van der Waals surface area contributed by atoms with E-state index in [1.165, 1.54) is 49.9 Å². The molecule has 0 bridgehead atoms. The van der Waals surface area contributed by atoms with Crippen LogP contribution in [0.15, 0.2) is 18.3 Å². The summed E-state index contributed by atoms with van der Waals surface area (Å²) in [6.07, 6.45) is 6.99. The van der Waals surface area contributed by atoms with Gasteiger partial charge in [0, 0.05) is 12.7 Å². The van der Waals surface area contributed by atoms with Crippen molar-refractivity contribution in [2.24, 2.45) is 5.92 Å². The maximum atomic E-state index is 4.79. The number of rotatable bonds is 6. The summed E-state index contributed by atoms with van der Waals surface area (Å²) < 4.78 is 0. The highest BCUT2D eigenvalue weighted by Crippen LogP contribution is 2.25. The second-order valence-corrected chi connectivity index (χ2v) is 8.57. The second-order valence-electron chi connectivity index (χ2n) is 8.57. The van der Waals surface area contributed by atoms with Gasteiger partial charge in [0.15, 0.2) is 0 Å². The van der Waals surface area contributed by atoms with Crippen molar-refractivity contribution in [3.8, 4) is 11.4 Å². The largest absolute Gasteiger partial charge is 0.354 e. The van der Waals surface area contributed by atoms with Crippen molar-refractivity contribution in [1.29, 1.82) is 0 Å². The first-order chi connectivity index (χ1) is 14.0. The summed E-state index contributed by atoms with van der Waals surface area (Å²) in [6, 6.07) is 4.30. The zero-order chi connectivity index (χ0) is 20.4. The number of fused-ring (bicyclic) bond motifs is 1. The number of benzene rings is 1. The van der Waals surface area contributed by atoms with Crippen LogP contribution in [0.5, 0.6) is 0 Å². The minimum absolute atomic E-state index is 0. The zero-order valence-corrected chi connectivity index (χ0v) is 20.2. The highest BCUT2D eigenvalue weighted by Gasteiger charge is 2.16. The molecule has 162 valence electrons. The van der Waals surface area contributed by atoms with Gasteiger partial charge < -0.3 is 15.2 Å². The summed E-state index contributed by atoms with van der Waals surface area (Å²) in [5, 5.41) is 3.39. The molecule has 4 rings (SSSR count). The van der Waals surface area contributed by atoms with Crippen molar-refractivity contribution in [2.75, 3.05) is 32.0 Å². The van der Waals surface area contributed by atoms with Gasteiger partial charge >= 0.3 is 0 Å². The summed E-state index contributed by atoms with van der Waals surface area (Å²) >= 11 is 0. The quantitative estimate of drug-likeness (QED) is 0.447. The van der Waals surface area contributed by atoms with Gasteiger partial charge in [-0.2, -0.15) is 9.90 Å². The molecule has 1 aliphatic heterocycles. The van der Waals surface area contributed by atoms with Crippen LogP contribution in [0.25, 0.3) is 22.4 Å². The van der Waals surface area contributed by atoms with Crippen LogP contribution in [0, 0.1) is 26.7 Å². The van der Waals surface area contributed by atoms with Crippen LogP contribution in [-0.2, 0) is 0 Å². The molecule has 2 aromatic heterocycles. The number of imidazole rings is 1. The molecule has 30 heavy (non-hydrogen) atoms. The molecule has 1 aromatic carbocycles. The Hall–Kier alpha value is -2.04. The van der Waals surface area contributed by atoms with Crippen molar-refractivity contribution >= 4 is 26.9 Å². The van der Waals surface area contributed by atoms with Crippen LogP contribution in [0.3, 0.4) is 0 Å². The first-order valence-electron chi connectivity index (χ1n) is 10.7. The van der Waals surface area contributed by atoms with Crippen LogP contribution in [0.1, 0.15) is 42.5 Å². The Morgan fingerprint density at radius 2 is 1.90 bits per heavy atom. The predicted molar refractivity (Wildman–Crippen MR) is 130 cm³/mol. The van der Waals surface area contributed by atoms with Gasteiger partial charge in [0.1, 0.15) is 5.82 Å². The lowest BCUT2D eigenvalue weighted by atomic mass is 9.92. The predicted octanol–water partition coefficient (Wildman–Crippen LogP) is 4.54. The molecular weight excluding hydrogens is 391 g/mol. The van der Waals surface area contributed by atoms with Gasteiger partial charge in [0.2, 0.25) is 5.95 Å². The van der Waals surface area contributed by atoms with Gasteiger partial charge in [0.25, 0.3) is 0 Å². The molecule has 3 aromatic rings. The summed E-state index contributed by atoms with van der Waals surface area (Å²) in [4.78, 5) is 19.8. The van der Waals surface area contributed by atoms with E-state index in [1.807, 2.05) is 13.1 Å². The van der Waals surface area contributed by atoms with E-state index in [0.717, 1.165) is 40.6 Å². The third kappa shape index (κ3) is 5.16. The van der Waals surface area contributed by atoms with Crippen molar-refractivity contribution < 1.29 is 0 Å². The normalized spacial score (nSPS) is 15.3. The van der Waals surface area contributed by atoms with Gasteiger partial charge in [-0.25, -0.2) is 15.0 Å². The third-order valence-corrected chi connectivity index (χ3v) is 6.07. The van der Waals surface area contributed by atoms with Gasteiger partial charge in [-0.15, -0.1) is 0 Å². The number of piperidine rings is 1. The Morgan fingerprint density at radius 1 is 1.13 bits per heavy atom. The van der Waals surface area contributed by atoms with Gasteiger partial charge in [-0.1, -0.05) is 6.07 Å². The third-order valence-electron chi connectivity index (χ3n) is 6.07. The molecule has 0 spiro atoms. The number of H-pyrrole nitrogens is 1. The van der Waals surface area contributed by atoms with Crippen LogP contribution in [-0.4, -0.2) is 51.5 Å². The number of likely N-dealkylation sites (tertiary alicyclic amines) is 1. The van der Waals surface area contributed by atoms with Crippen molar-refractivity contribution in [3.63, 3.8) is 0 Å². The van der Waals surface area contributed by atoms with Gasteiger partial charge in [0.05, 0.1) is 22.3 Å². The number of nitrogens with one attached hydrogen (secondary N) is 2. The second kappa shape index (κ2) is 9.84. The SMILES string of the molecule is Cc1cc(C)c2nc(-c3cnc(NCCCC4CCN(C)CC4)nc3C)[nH]c2c1.P. The van der Waals surface area contributed by atoms with E-state index in [9.17, 15) is 0 Å². The van der Waals surface area contributed by atoms with E-state index in [2.05, 4.69) is 58.2 Å². The molecule has 1 atom stereocenters. The molecule has 6 nitrogen and oxygen atoms in total.